The first-order chi connectivity index (χ1) is 31.2. The Bertz CT molecular complexity index is 2670. The molecule has 0 aromatic heterocycles. The molecule has 342 valence electrons. The third-order valence-corrected chi connectivity index (χ3v) is 12.3. The normalized spacial score (nSPS) is 12.2. The van der Waals surface area contributed by atoms with Gasteiger partial charge in [0.25, 0.3) is 23.6 Å². The maximum atomic E-state index is 13.6. The Balaban J connectivity index is 1.32. The maximum absolute atomic E-state index is 13.6. The summed E-state index contributed by atoms with van der Waals surface area (Å²) in [6.45, 7) is 5.94. The number of hydrogen-bond acceptors (Lipinski definition) is 10. The average Bonchev–Trinajstić information content (AvgIpc) is 3.27. The fourth-order valence-corrected chi connectivity index (χ4v) is 7.59. The number of azo groups is 2. The summed E-state index contributed by atoms with van der Waals surface area (Å²) >= 11 is 49.7. The molecule has 0 saturated heterocycles. The van der Waals surface area contributed by atoms with Crippen LogP contribution in [0.1, 0.15) is 59.5 Å². The van der Waals surface area contributed by atoms with Crippen LogP contribution >= 0.6 is 92.8 Å². The molecule has 0 aliphatic carbocycles. The average molecular weight is 1050 g/mol. The molecule has 0 fully saturated rings. The van der Waals surface area contributed by atoms with Crippen molar-refractivity contribution < 1.29 is 28.8 Å². The fraction of sp³-hybridized carbons (Fsp3) is 0.182. The number of Topliss-reactive ketones (excluding diaryl/α,β-unsaturated/α-hetero) is 2. The number of carbonyl (C=O) groups is 6. The summed E-state index contributed by atoms with van der Waals surface area (Å²) in [6, 6.07) is 14.1. The Morgan fingerprint density at radius 1 is 0.470 bits per heavy atom. The van der Waals surface area contributed by atoms with Crippen LogP contribution in [0, 0.1) is 0 Å². The van der Waals surface area contributed by atoms with E-state index in [2.05, 4.69) is 41.7 Å². The second-order valence-electron chi connectivity index (χ2n) is 14.0. The van der Waals surface area contributed by atoms with E-state index in [1.807, 2.05) is 0 Å². The van der Waals surface area contributed by atoms with Crippen LogP contribution in [0.2, 0.25) is 40.2 Å². The number of rotatable bonds is 16. The first-order valence-electron chi connectivity index (χ1n) is 19.3. The third kappa shape index (κ3) is 12.6. The van der Waals surface area contributed by atoms with Gasteiger partial charge in [0, 0.05) is 11.4 Å². The molecule has 2 unspecified atom stereocenters. The molecule has 22 heteroatoms. The zero-order chi connectivity index (χ0) is 48.6. The monoisotopic (exact) mass is 1050 g/mol. The van der Waals surface area contributed by atoms with Crippen LogP contribution in [0.15, 0.2) is 93.3 Å². The van der Waals surface area contributed by atoms with Crippen molar-refractivity contribution in [2.24, 2.45) is 20.5 Å². The van der Waals surface area contributed by atoms with Gasteiger partial charge in [-0.25, -0.2) is 0 Å². The predicted octanol–water partition coefficient (Wildman–Crippen LogP) is 13.9. The molecule has 5 rings (SSSR count). The van der Waals surface area contributed by atoms with E-state index >= 15 is 0 Å². The van der Waals surface area contributed by atoms with Crippen molar-refractivity contribution in [2.75, 3.05) is 21.3 Å². The van der Waals surface area contributed by atoms with E-state index in [9.17, 15) is 28.8 Å². The standard InChI is InChI=1S/C44H34Cl8N8O6/c1-5-21-15-34(54-44(66)38(20(4)62)60-58-24-8-10-28(46)26(18-24)42(64)56-40-32(50)14-12-30(48)36(40)52)22(6-2)16-33(21)53-43(65)37(19(3)61)59-57-23-7-9-27(45)25(17-23)41(63)55-39-31(49)13-11-29(47)35(39)51/h7-18,37-38H,5-6H2,1-4H3,(H,53,65)(H,54,66)(H,55,63)(H,56,64). The Kier molecular flexibility index (Phi) is 18.1. The molecule has 0 aliphatic rings. The zero-order valence-electron chi connectivity index (χ0n) is 34.8. The van der Waals surface area contributed by atoms with Crippen LogP contribution in [-0.4, -0.2) is 47.3 Å². The van der Waals surface area contributed by atoms with Crippen LogP contribution in [0.5, 0.6) is 0 Å². The minimum Gasteiger partial charge on any atom is -0.323 e. The second kappa shape index (κ2) is 23.0. The van der Waals surface area contributed by atoms with Gasteiger partial charge in [-0.05, 0) is 111 Å². The van der Waals surface area contributed by atoms with Gasteiger partial charge in [-0.2, -0.15) is 20.5 Å². The third-order valence-electron chi connectivity index (χ3n) is 9.40. The van der Waals surface area contributed by atoms with Gasteiger partial charge in [0.15, 0.2) is 11.6 Å². The van der Waals surface area contributed by atoms with Crippen molar-refractivity contribution in [1.29, 1.82) is 0 Å². The van der Waals surface area contributed by atoms with E-state index in [1.54, 1.807) is 26.0 Å². The number of nitrogens with zero attached hydrogens (tertiary/aromatic N) is 4. The summed E-state index contributed by atoms with van der Waals surface area (Å²) in [7, 11) is 0. The largest absolute Gasteiger partial charge is 0.323 e. The lowest BCUT2D eigenvalue weighted by atomic mass is 10.0. The van der Waals surface area contributed by atoms with Crippen molar-refractivity contribution in [1.82, 2.24) is 0 Å². The van der Waals surface area contributed by atoms with Crippen molar-refractivity contribution >= 4 is 162 Å². The van der Waals surface area contributed by atoms with Gasteiger partial charge in [-0.15, -0.1) is 0 Å². The van der Waals surface area contributed by atoms with Crippen LogP contribution in [0.25, 0.3) is 0 Å². The molecule has 0 aliphatic heterocycles. The van der Waals surface area contributed by atoms with Crippen LogP contribution < -0.4 is 21.3 Å². The Labute approximate surface area is 417 Å². The fourth-order valence-electron chi connectivity index (χ4n) is 5.94. The zero-order valence-corrected chi connectivity index (χ0v) is 40.8. The van der Waals surface area contributed by atoms with Crippen molar-refractivity contribution in [3.63, 3.8) is 0 Å². The summed E-state index contributed by atoms with van der Waals surface area (Å²) in [5, 5.41) is 27.4. The topological polar surface area (TPSA) is 200 Å². The lowest BCUT2D eigenvalue weighted by Crippen LogP contribution is -2.33. The molecule has 0 heterocycles. The van der Waals surface area contributed by atoms with Crippen molar-refractivity contribution in [3.8, 4) is 0 Å². The van der Waals surface area contributed by atoms with Gasteiger partial charge in [-0.3, -0.25) is 28.8 Å². The van der Waals surface area contributed by atoms with Gasteiger partial charge < -0.3 is 21.3 Å². The first-order valence-corrected chi connectivity index (χ1v) is 22.4. The highest BCUT2D eigenvalue weighted by molar-refractivity contribution is 6.47. The highest BCUT2D eigenvalue weighted by Crippen LogP contribution is 2.38. The Hall–Kier alpha value is -5.16. The lowest BCUT2D eigenvalue weighted by Gasteiger charge is -2.18. The first kappa shape index (κ1) is 51.8. The van der Waals surface area contributed by atoms with Crippen LogP contribution in [0.3, 0.4) is 0 Å². The molecule has 5 aromatic rings. The summed E-state index contributed by atoms with van der Waals surface area (Å²) in [5.74, 6) is -4.30. The minimum atomic E-state index is -1.61. The SMILES string of the molecule is CCc1cc(NC(=O)C(N=Nc2ccc(Cl)c(C(=O)Nc3c(Cl)ccc(Cl)c3Cl)c2)C(C)=O)c(CC)cc1NC(=O)C(N=Nc1ccc(Cl)c(C(=O)Nc2c(Cl)ccc(Cl)c2Cl)c1)C(C)=O. The number of amides is 4. The molecule has 0 radical (unpaired) electrons. The number of hydrogen-bond donors (Lipinski definition) is 4. The van der Waals surface area contributed by atoms with Crippen LogP contribution in [0.4, 0.5) is 34.1 Å². The number of ketones is 2. The van der Waals surface area contributed by atoms with Gasteiger partial charge in [0.05, 0.1) is 74.1 Å². The predicted molar refractivity (Wildman–Crippen MR) is 262 cm³/mol. The summed E-state index contributed by atoms with van der Waals surface area (Å²) in [5.41, 5.74) is 1.97. The summed E-state index contributed by atoms with van der Waals surface area (Å²) in [6.07, 6.45) is 0.710. The van der Waals surface area contributed by atoms with Crippen molar-refractivity contribution in [3.05, 3.63) is 135 Å². The molecule has 14 nitrogen and oxygen atoms in total. The van der Waals surface area contributed by atoms with Crippen molar-refractivity contribution in [2.45, 2.75) is 52.6 Å². The number of benzene rings is 5. The van der Waals surface area contributed by atoms with Crippen LogP contribution in [-0.2, 0) is 32.0 Å². The molecular weight excluding hydrogens is 1020 g/mol. The van der Waals surface area contributed by atoms with Gasteiger partial charge in [0.1, 0.15) is 0 Å². The molecule has 0 spiro atoms. The van der Waals surface area contributed by atoms with E-state index in [0.717, 1.165) is 0 Å². The van der Waals surface area contributed by atoms with Gasteiger partial charge >= 0.3 is 0 Å². The van der Waals surface area contributed by atoms with E-state index in [1.165, 1.54) is 74.5 Å². The van der Waals surface area contributed by atoms with Gasteiger partial charge in [-0.1, -0.05) is 107 Å². The lowest BCUT2D eigenvalue weighted by molar-refractivity contribution is -0.127. The summed E-state index contributed by atoms with van der Waals surface area (Å²) < 4.78 is 0. The quantitative estimate of drug-likeness (QED) is 0.0430. The molecule has 4 amide bonds. The number of anilines is 4. The Morgan fingerprint density at radius 3 is 1.14 bits per heavy atom. The molecule has 5 aromatic carbocycles. The number of aryl methyl sites for hydroxylation is 2. The number of carbonyl (C=O) groups excluding carboxylic acids is 6. The van der Waals surface area contributed by atoms with E-state index in [0.29, 0.717) is 35.3 Å². The minimum absolute atomic E-state index is 0.0160. The number of halogens is 8. The second-order valence-corrected chi connectivity index (χ2v) is 17.2. The Morgan fingerprint density at radius 2 is 0.803 bits per heavy atom. The van der Waals surface area contributed by atoms with Gasteiger partial charge in [0.2, 0.25) is 12.1 Å². The molecule has 4 N–H and O–H groups in total. The molecule has 66 heavy (non-hydrogen) atoms. The molecule has 2 atom stereocenters. The van der Waals surface area contributed by atoms with E-state index in [4.69, 9.17) is 92.8 Å². The molecular formula is C44H34Cl8N8O6. The van der Waals surface area contributed by atoms with E-state index < -0.39 is 47.3 Å². The smallest absolute Gasteiger partial charge is 0.258 e. The maximum Gasteiger partial charge on any atom is 0.258 e. The van der Waals surface area contributed by atoms with E-state index in [-0.39, 0.29) is 74.1 Å². The highest BCUT2D eigenvalue weighted by Gasteiger charge is 2.27. The molecule has 0 saturated carbocycles. The highest BCUT2D eigenvalue weighted by atomic mass is 35.5. The molecule has 0 bridgehead atoms. The number of nitrogens with one attached hydrogen (secondary N) is 4. The summed E-state index contributed by atoms with van der Waals surface area (Å²) in [4.78, 5) is 79.0.